The molecule has 2 aromatic rings. The summed E-state index contributed by atoms with van der Waals surface area (Å²) in [6.07, 6.45) is 1.12. The van der Waals surface area contributed by atoms with E-state index in [1.807, 2.05) is 20.8 Å². The second-order valence-electron chi connectivity index (χ2n) is 6.43. The Morgan fingerprint density at radius 2 is 1.84 bits per heavy atom. The Labute approximate surface area is 154 Å². The summed E-state index contributed by atoms with van der Waals surface area (Å²) in [5.74, 6) is -1.05. The van der Waals surface area contributed by atoms with Gasteiger partial charge in [-0.2, -0.15) is 0 Å². The lowest BCUT2D eigenvalue weighted by Crippen LogP contribution is -2.10. The normalized spacial score (nSPS) is 11.9. The number of hydrogen-bond donors (Lipinski definition) is 1. The van der Waals surface area contributed by atoms with Gasteiger partial charge in [0, 0.05) is 17.3 Å². The summed E-state index contributed by atoms with van der Waals surface area (Å²) in [6.45, 7) is 5.91. The van der Waals surface area contributed by atoms with Gasteiger partial charge in [0.15, 0.2) is 5.75 Å². The molecule has 0 aliphatic carbocycles. The molecule has 0 bridgehead atoms. The molecule has 1 N–H and O–H groups in total. The minimum Gasteiger partial charge on any atom is -0.867 e. The van der Waals surface area contributed by atoms with Crippen molar-refractivity contribution in [2.45, 2.75) is 26.2 Å². The van der Waals surface area contributed by atoms with Crippen LogP contribution in [0.15, 0.2) is 29.3 Å². The summed E-state index contributed by atoms with van der Waals surface area (Å²) in [5.41, 5.74) is 0.0528. The van der Waals surface area contributed by atoms with Gasteiger partial charge in [-0.3, -0.25) is 15.1 Å². The summed E-state index contributed by atoms with van der Waals surface area (Å²) in [7, 11) is 0. The van der Waals surface area contributed by atoms with Crippen LogP contribution in [0.2, 0.25) is 10.0 Å². The zero-order valence-corrected chi connectivity index (χ0v) is 15.2. The molecule has 0 saturated carbocycles. The molecule has 0 amide bonds. The van der Waals surface area contributed by atoms with Crippen molar-refractivity contribution < 1.29 is 15.1 Å². The molecule has 6 nitrogen and oxygen atoms in total. The van der Waals surface area contributed by atoms with Gasteiger partial charge in [-0.05, 0) is 40.5 Å². The molecular weight excluding hydrogens is 367 g/mol. The third-order valence-electron chi connectivity index (χ3n) is 3.51. The van der Waals surface area contributed by atoms with E-state index in [4.69, 9.17) is 23.2 Å². The van der Waals surface area contributed by atoms with Crippen LogP contribution < -0.4 is 5.11 Å². The van der Waals surface area contributed by atoms with Crippen LogP contribution in [0.1, 0.15) is 31.9 Å². The third kappa shape index (κ3) is 4.21. The monoisotopic (exact) mass is 381 g/mol. The maximum absolute atomic E-state index is 12.1. The zero-order valence-electron chi connectivity index (χ0n) is 13.7. The van der Waals surface area contributed by atoms with Crippen LogP contribution in [0.25, 0.3) is 0 Å². The van der Waals surface area contributed by atoms with Gasteiger partial charge in [-0.1, -0.05) is 44.0 Å². The van der Waals surface area contributed by atoms with E-state index in [1.165, 1.54) is 6.07 Å². The Kier molecular flexibility index (Phi) is 5.25. The Balaban J connectivity index is 2.54. The number of phenolic OH excluding ortho intramolecular Hbond substituents is 1. The molecule has 0 fully saturated rings. The minimum absolute atomic E-state index is 0.0402. The lowest BCUT2D eigenvalue weighted by Gasteiger charge is -2.20. The predicted molar refractivity (Wildman–Crippen MR) is 96.6 cm³/mol. The lowest BCUT2D eigenvalue weighted by atomic mass is 9.87. The lowest BCUT2D eigenvalue weighted by molar-refractivity contribution is -0.398. The standard InChI is InChI=1S/C17H16Cl2N2O4/c1-17(2,3)10-5-12(19)16(23)13(6-10)20-8-9-4-11(18)7-14(15(9)22)21(24)25/h4-8,22-23H,1-3H3/p-1. The molecule has 0 aromatic heterocycles. The summed E-state index contributed by atoms with van der Waals surface area (Å²) >= 11 is 11.8. The van der Waals surface area contributed by atoms with Crippen LogP contribution >= 0.6 is 23.2 Å². The number of benzene rings is 2. The van der Waals surface area contributed by atoms with E-state index in [2.05, 4.69) is 4.99 Å². The quantitative estimate of drug-likeness (QED) is 0.471. The Morgan fingerprint density at radius 3 is 2.40 bits per heavy atom. The highest BCUT2D eigenvalue weighted by atomic mass is 35.5. The van der Waals surface area contributed by atoms with Gasteiger partial charge < -0.3 is 10.2 Å². The first-order chi connectivity index (χ1) is 11.5. The van der Waals surface area contributed by atoms with Crippen LogP contribution in [0.4, 0.5) is 11.4 Å². The van der Waals surface area contributed by atoms with Crippen LogP contribution in [0, 0.1) is 10.1 Å². The van der Waals surface area contributed by atoms with Crippen LogP contribution in [-0.2, 0) is 5.41 Å². The highest BCUT2D eigenvalue weighted by Gasteiger charge is 2.18. The first-order valence-corrected chi connectivity index (χ1v) is 7.98. The Bertz CT molecular complexity index is 874. The molecule has 0 aliphatic heterocycles. The molecule has 0 spiro atoms. The molecule has 0 unspecified atom stereocenters. The summed E-state index contributed by atoms with van der Waals surface area (Å²) in [5, 5.41) is 33.2. The summed E-state index contributed by atoms with van der Waals surface area (Å²) in [4.78, 5) is 14.2. The van der Waals surface area contributed by atoms with Crippen molar-refractivity contribution in [3.8, 4) is 11.5 Å². The maximum atomic E-state index is 12.1. The number of phenols is 1. The molecule has 0 radical (unpaired) electrons. The van der Waals surface area contributed by atoms with E-state index in [0.29, 0.717) is 0 Å². The second kappa shape index (κ2) is 6.90. The fraction of sp³-hybridized carbons (Fsp3) is 0.235. The topological polar surface area (TPSA) is 98.8 Å². The average Bonchev–Trinajstić information content (AvgIpc) is 2.49. The molecular formula is C17H15Cl2N2O4-. The van der Waals surface area contributed by atoms with Gasteiger partial charge >= 0.3 is 0 Å². The van der Waals surface area contributed by atoms with Gasteiger partial charge in [0.1, 0.15) is 5.69 Å². The molecule has 8 heteroatoms. The zero-order chi connectivity index (χ0) is 18.9. The van der Waals surface area contributed by atoms with Crippen molar-refractivity contribution in [2.24, 2.45) is 4.99 Å². The van der Waals surface area contributed by atoms with E-state index in [9.17, 15) is 20.3 Å². The number of hydrogen-bond acceptors (Lipinski definition) is 5. The van der Waals surface area contributed by atoms with Crippen molar-refractivity contribution in [1.82, 2.24) is 0 Å². The summed E-state index contributed by atoms with van der Waals surface area (Å²) < 4.78 is 0. The minimum atomic E-state index is -0.810. The highest BCUT2D eigenvalue weighted by molar-refractivity contribution is 6.32. The molecule has 0 atom stereocenters. The van der Waals surface area contributed by atoms with E-state index in [-0.39, 0.29) is 32.5 Å². The second-order valence-corrected chi connectivity index (χ2v) is 7.28. The van der Waals surface area contributed by atoms with Crippen molar-refractivity contribution in [3.05, 3.63) is 55.6 Å². The fourth-order valence-corrected chi connectivity index (χ4v) is 2.52. The maximum Gasteiger partial charge on any atom is 0.263 e. The SMILES string of the molecule is CC(C)(C)c1cc(Cl)c(O)c(N=Cc2cc(Cl)cc([N+](=O)[O-])c2[O-])c1. The average molecular weight is 382 g/mol. The predicted octanol–water partition coefficient (Wildman–Crippen LogP) is 4.73. The number of nitro benzene ring substituents is 1. The van der Waals surface area contributed by atoms with Crippen molar-refractivity contribution >= 4 is 40.8 Å². The van der Waals surface area contributed by atoms with Crippen LogP contribution in [0.3, 0.4) is 0 Å². The number of halogens is 2. The number of aromatic hydroxyl groups is 1. The smallest absolute Gasteiger partial charge is 0.263 e. The van der Waals surface area contributed by atoms with Crippen molar-refractivity contribution in [2.75, 3.05) is 0 Å². The van der Waals surface area contributed by atoms with Gasteiger partial charge in [0.05, 0.1) is 9.95 Å². The largest absolute Gasteiger partial charge is 0.867 e. The van der Waals surface area contributed by atoms with E-state index in [0.717, 1.165) is 17.8 Å². The van der Waals surface area contributed by atoms with Crippen LogP contribution in [-0.4, -0.2) is 16.2 Å². The molecule has 2 aromatic carbocycles. The number of nitro groups is 1. The van der Waals surface area contributed by atoms with Gasteiger partial charge in [-0.15, -0.1) is 0 Å². The van der Waals surface area contributed by atoms with E-state index in [1.54, 1.807) is 12.1 Å². The molecule has 0 saturated heterocycles. The van der Waals surface area contributed by atoms with E-state index >= 15 is 0 Å². The summed E-state index contributed by atoms with van der Waals surface area (Å²) in [6, 6.07) is 5.53. The first kappa shape index (κ1) is 19.0. The third-order valence-corrected chi connectivity index (χ3v) is 4.02. The first-order valence-electron chi connectivity index (χ1n) is 7.22. The van der Waals surface area contributed by atoms with Gasteiger partial charge in [-0.25, -0.2) is 0 Å². The van der Waals surface area contributed by atoms with Crippen molar-refractivity contribution in [1.29, 1.82) is 0 Å². The highest BCUT2D eigenvalue weighted by Crippen LogP contribution is 2.39. The van der Waals surface area contributed by atoms with Crippen molar-refractivity contribution in [3.63, 3.8) is 0 Å². The molecule has 0 heterocycles. The van der Waals surface area contributed by atoms with Gasteiger partial charge in [0.2, 0.25) is 0 Å². The van der Waals surface area contributed by atoms with E-state index < -0.39 is 16.4 Å². The molecule has 0 aliphatic rings. The molecule has 132 valence electrons. The fourth-order valence-electron chi connectivity index (χ4n) is 2.09. The number of nitrogens with zero attached hydrogens (tertiary/aromatic N) is 2. The van der Waals surface area contributed by atoms with Crippen LogP contribution in [0.5, 0.6) is 11.5 Å². The molecule has 2 rings (SSSR count). The number of rotatable bonds is 3. The number of aliphatic imine (C=N–C) groups is 1. The van der Waals surface area contributed by atoms with Gasteiger partial charge in [0.25, 0.3) is 5.69 Å². The Morgan fingerprint density at radius 1 is 1.20 bits per heavy atom. The molecule has 25 heavy (non-hydrogen) atoms. The Hall–Kier alpha value is -2.31.